The molecule has 2 rings (SSSR count). The smallest absolute Gasteiger partial charge is 0.0863 e. The van der Waals surface area contributed by atoms with Gasteiger partial charge in [-0.2, -0.15) is 5.10 Å². The highest BCUT2D eigenvalue weighted by atomic mass is 35.5. The van der Waals surface area contributed by atoms with Crippen LogP contribution >= 0.6 is 11.6 Å². The van der Waals surface area contributed by atoms with E-state index < -0.39 is 0 Å². The molecule has 16 heavy (non-hydrogen) atoms. The standard InChI is InChI=1S/C12H20ClN3/c1-4-10-12(13)11(16(3)15-10)7-14-6-9-5-8(9)2/h8-9,14H,4-7H2,1-3H3. The third-order valence-electron chi connectivity index (χ3n) is 3.48. The van der Waals surface area contributed by atoms with Gasteiger partial charge in [-0.15, -0.1) is 0 Å². The molecule has 90 valence electrons. The van der Waals surface area contributed by atoms with Gasteiger partial charge in [0.2, 0.25) is 0 Å². The van der Waals surface area contributed by atoms with E-state index in [1.165, 1.54) is 6.42 Å². The van der Waals surface area contributed by atoms with Gasteiger partial charge in [-0.1, -0.05) is 25.4 Å². The fourth-order valence-electron chi connectivity index (χ4n) is 2.07. The molecule has 1 fully saturated rings. The molecule has 1 aliphatic carbocycles. The Kier molecular flexibility index (Phi) is 3.55. The van der Waals surface area contributed by atoms with E-state index >= 15 is 0 Å². The van der Waals surface area contributed by atoms with E-state index in [9.17, 15) is 0 Å². The average molecular weight is 242 g/mol. The number of aromatic nitrogens is 2. The molecule has 0 aliphatic heterocycles. The van der Waals surface area contributed by atoms with Crippen LogP contribution in [0.2, 0.25) is 5.02 Å². The molecule has 1 saturated carbocycles. The van der Waals surface area contributed by atoms with Gasteiger partial charge in [0.1, 0.15) is 0 Å². The summed E-state index contributed by atoms with van der Waals surface area (Å²) in [5, 5.41) is 8.70. The highest BCUT2D eigenvalue weighted by molar-refractivity contribution is 6.31. The molecular formula is C12H20ClN3. The van der Waals surface area contributed by atoms with Crippen molar-refractivity contribution in [1.29, 1.82) is 0 Å². The maximum Gasteiger partial charge on any atom is 0.0863 e. The Morgan fingerprint density at radius 2 is 2.25 bits per heavy atom. The zero-order valence-corrected chi connectivity index (χ0v) is 11.0. The van der Waals surface area contributed by atoms with Crippen LogP contribution in [0.3, 0.4) is 0 Å². The minimum Gasteiger partial charge on any atom is -0.311 e. The van der Waals surface area contributed by atoms with E-state index in [2.05, 4.69) is 24.3 Å². The maximum absolute atomic E-state index is 6.27. The van der Waals surface area contributed by atoms with E-state index in [0.29, 0.717) is 0 Å². The lowest BCUT2D eigenvalue weighted by Crippen LogP contribution is -2.19. The number of hydrogen-bond acceptors (Lipinski definition) is 2. The molecule has 1 heterocycles. The van der Waals surface area contributed by atoms with Crippen molar-refractivity contribution >= 4 is 11.6 Å². The lowest BCUT2D eigenvalue weighted by atomic mass is 10.3. The van der Waals surface area contributed by atoms with E-state index in [0.717, 1.165) is 47.8 Å². The molecule has 1 aromatic heterocycles. The van der Waals surface area contributed by atoms with E-state index in [4.69, 9.17) is 11.6 Å². The summed E-state index contributed by atoms with van der Waals surface area (Å²) >= 11 is 6.27. The van der Waals surface area contributed by atoms with Crippen LogP contribution in [0.1, 0.15) is 31.7 Å². The molecule has 0 spiro atoms. The molecule has 4 heteroatoms. The normalized spacial score (nSPS) is 23.8. The molecule has 1 aliphatic rings. The topological polar surface area (TPSA) is 29.9 Å². The fraction of sp³-hybridized carbons (Fsp3) is 0.750. The fourth-order valence-corrected chi connectivity index (χ4v) is 2.43. The Balaban J connectivity index is 1.90. The molecule has 1 N–H and O–H groups in total. The molecule has 0 bridgehead atoms. The summed E-state index contributed by atoms with van der Waals surface area (Å²) in [6.45, 7) is 6.31. The SMILES string of the molecule is CCc1nn(C)c(CNCC2CC2C)c1Cl. The van der Waals surface area contributed by atoms with E-state index in [1.54, 1.807) is 0 Å². The second kappa shape index (κ2) is 4.76. The van der Waals surface area contributed by atoms with Crippen molar-refractivity contribution in [1.82, 2.24) is 15.1 Å². The molecule has 1 aromatic rings. The minimum absolute atomic E-state index is 0.825. The minimum atomic E-state index is 0.825. The lowest BCUT2D eigenvalue weighted by molar-refractivity contribution is 0.581. The van der Waals surface area contributed by atoms with Gasteiger partial charge >= 0.3 is 0 Å². The van der Waals surface area contributed by atoms with Crippen LogP contribution in [0.25, 0.3) is 0 Å². The first-order valence-electron chi connectivity index (χ1n) is 6.04. The van der Waals surface area contributed by atoms with E-state index in [1.807, 2.05) is 11.7 Å². The van der Waals surface area contributed by atoms with Crippen molar-refractivity contribution in [2.24, 2.45) is 18.9 Å². The van der Waals surface area contributed by atoms with Crippen molar-refractivity contribution in [2.45, 2.75) is 33.2 Å². The van der Waals surface area contributed by atoms with Gasteiger partial charge in [0.25, 0.3) is 0 Å². The average Bonchev–Trinajstić information content (AvgIpc) is 2.88. The summed E-state index contributed by atoms with van der Waals surface area (Å²) < 4.78 is 1.89. The second-order valence-electron chi connectivity index (χ2n) is 4.79. The predicted octanol–water partition coefficient (Wildman–Crippen LogP) is 2.38. The molecule has 0 saturated heterocycles. The third kappa shape index (κ3) is 2.41. The van der Waals surface area contributed by atoms with Crippen LogP contribution in [0, 0.1) is 11.8 Å². The molecule has 3 nitrogen and oxygen atoms in total. The van der Waals surface area contributed by atoms with Crippen molar-refractivity contribution < 1.29 is 0 Å². The molecule has 0 aromatic carbocycles. The van der Waals surface area contributed by atoms with Crippen molar-refractivity contribution in [2.75, 3.05) is 6.54 Å². The zero-order valence-electron chi connectivity index (χ0n) is 10.3. The number of halogens is 1. The van der Waals surface area contributed by atoms with Crippen LogP contribution in [-0.2, 0) is 20.0 Å². The van der Waals surface area contributed by atoms with Gasteiger partial charge < -0.3 is 5.32 Å². The summed E-state index contributed by atoms with van der Waals surface area (Å²) in [7, 11) is 1.96. The first kappa shape index (κ1) is 11.9. The third-order valence-corrected chi connectivity index (χ3v) is 3.91. The van der Waals surface area contributed by atoms with Gasteiger partial charge in [0.15, 0.2) is 0 Å². The van der Waals surface area contributed by atoms with Crippen LogP contribution in [0.5, 0.6) is 0 Å². The summed E-state index contributed by atoms with van der Waals surface area (Å²) in [4.78, 5) is 0. The largest absolute Gasteiger partial charge is 0.311 e. The van der Waals surface area contributed by atoms with Crippen molar-refractivity contribution in [3.8, 4) is 0 Å². The number of nitrogens with zero attached hydrogens (tertiary/aromatic N) is 2. The Morgan fingerprint density at radius 3 is 2.75 bits per heavy atom. The Bertz CT molecular complexity index is 373. The van der Waals surface area contributed by atoms with E-state index in [-0.39, 0.29) is 0 Å². The summed E-state index contributed by atoms with van der Waals surface area (Å²) in [5.41, 5.74) is 2.10. The first-order chi connectivity index (χ1) is 7.63. The van der Waals surface area contributed by atoms with Crippen LogP contribution in [0.4, 0.5) is 0 Å². The molecule has 0 radical (unpaired) electrons. The van der Waals surface area contributed by atoms with Crippen molar-refractivity contribution in [3.05, 3.63) is 16.4 Å². The second-order valence-corrected chi connectivity index (χ2v) is 5.17. The van der Waals surface area contributed by atoms with Gasteiger partial charge in [-0.25, -0.2) is 0 Å². The Morgan fingerprint density at radius 1 is 1.56 bits per heavy atom. The van der Waals surface area contributed by atoms with Gasteiger partial charge in [0, 0.05) is 13.6 Å². The Labute approximate surface area is 102 Å². The number of hydrogen-bond donors (Lipinski definition) is 1. The maximum atomic E-state index is 6.27. The Hall–Kier alpha value is -0.540. The molecule has 2 unspecified atom stereocenters. The predicted molar refractivity (Wildman–Crippen MR) is 66.6 cm³/mol. The first-order valence-corrected chi connectivity index (χ1v) is 6.42. The lowest BCUT2D eigenvalue weighted by Gasteiger charge is -2.05. The van der Waals surface area contributed by atoms with Gasteiger partial charge in [-0.05, 0) is 31.2 Å². The number of rotatable bonds is 5. The highest BCUT2D eigenvalue weighted by Crippen LogP contribution is 2.36. The highest BCUT2D eigenvalue weighted by Gasteiger charge is 2.31. The summed E-state index contributed by atoms with van der Waals surface area (Å²) in [6, 6.07) is 0. The number of nitrogens with one attached hydrogen (secondary N) is 1. The number of aryl methyl sites for hydroxylation is 2. The van der Waals surface area contributed by atoms with Gasteiger partial charge in [-0.3, -0.25) is 4.68 Å². The molecule has 2 atom stereocenters. The van der Waals surface area contributed by atoms with Crippen LogP contribution in [0.15, 0.2) is 0 Å². The zero-order chi connectivity index (χ0) is 11.7. The monoisotopic (exact) mass is 241 g/mol. The van der Waals surface area contributed by atoms with Crippen LogP contribution in [-0.4, -0.2) is 16.3 Å². The van der Waals surface area contributed by atoms with Crippen LogP contribution < -0.4 is 5.32 Å². The quantitative estimate of drug-likeness (QED) is 0.858. The summed E-state index contributed by atoms with van der Waals surface area (Å²) in [5.74, 6) is 1.78. The van der Waals surface area contributed by atoms with Gasteiger partial charge in [0.05, 0.1) is 16.4 Å². The molecular weight excluding hydrogens is 222 g/mol. The molecule has 0 amide bonds. The van der Waals surface area contributed by atoms with Crippen molar-refractivity contribution in [3.63, 3.8) is 0 Å². The summed E-state index contributed by atoms with van der Waals surface area (Å²) in [6.07, 6.45) is 2.26.